The van der Waals surface area contributed by atoms with E-state index in [9.17, 15) is 22.8 Å². The molecule has 3 N–H and O–H groups in total. The summed E-state index contributed by atoms with van der Waals surface area (Å²) in [5.41, 5.74) is 7.57. The number of hydrogen-bond acceptors (Lipinski definition) is 8. The summed E-state index contributed by atoms with van der Waals surface area (Å²) in [5.74, 6) is 0.448. The molecule has 0 bridgehead atoms. The van der Waals surface area contributed by atoms with Gasteiger partial charge in [0.25, 0.3) is 5.91 Å². The zero-order valence-electron chi connectivity index (χ0n) is 23.9. The van der Waals surface area contributed by atoms with Crippen molar-refractivity contribution in [2.75, 3.05) is 31.2 Å². The maximum atomic E-state index is 13.1. The Kier molecular flexibility index (Phi) is 8.29. The van der Waals surface area contributed by atoms with Crippen molar-refractivity contribution in [1.82, 2.24) is 24.3 Å². The molecule has 5 rings (SSSR count). The van der Waals surface area contributed by atoms with E-state index in [1.165, 1.54) is 7.11 Å². The highest BCUT2D eigenvalue weighted by Gasteiger charge is 2.33. The lowest BCUT2D eigenvalue weighted by molar-refractivity contribution is -0.137. The van der Waals surface area contributed by atoms with E-state index in [4.69, 9.17) is 20.2 Å². The quantitative estimate of drug-likeness (QED) is 0.396. The molecule has 14 heteroatoms. The van der Waals surface area contributed by atoms with Crippen molar-refractivity contribution in [3.63, 3.8) is 0 Å². The number of methoxy groups -OCH3 is 1. The van der Waals surface area contributed by atoms with Gasteiger partial charge in [-0.25, -0.2) is 19.7 Å². The van der Waals surface area contributed by atoms with Gasteiger partial charge in [0.2, 0.25) is 0 Å². The Bertz CT molecular complexity index is 1610. The van der Waals surface area contributed by atoms with Crippen LogP contribution in [0.2, 0.25) is 0 Å². The second-order valence-electron chi connectivity index (χ2n) is 10.7. The Labute approximate surface area is 245 Å². The number of carbonyl (C=O) groups is 2. The van der Waals surface area contributed by atoms with E-state index in [2.05, 4.69) is 15.3 Å². The Morgan fingerprint density at radius 3 is 2.70 bits per heavy atom. The number of rotatable bonds is 6. The minimum atomic E-state index is -4.57. The van der Waals surface area contributed by atoms with Crippen LogP contribution in [0.1, 0.15) is 62.5 Å². The van der Waals surface area contributed by atoms with Crippen molar-refractivity contribution in [2.45, 2.75) is 57.7 Å². The summed E-state index contributed by atoms with van der Waals surface area (Å²) < 4.78 is 52.3. The highest BCUT2D eigenvalue weighted by Crippen LogP contribution is 2.38. The van der Waals surface area contributed by atoms with Gasteiger partial charge in [0, 0.05) is 48.7 Å². The number of piperidine rings is 1. The number of nitrogens with two attached hydrogens (primary N) is 1. The lowest BCUT2D eigenvalue weighted by Crippen LogP contribution is -2.40. The lowest BCUT2D eigenvalue weighted by Gasteiger charge is -2.32. The van der Waals surface area contributed by atoms with Gasteiger partial charge in [-0.1, -0.05) is 0 Å². The van der Waals surface area contributed by atoms with E-state index < -0.39 is 17.6 Å². The van der Waals surface area contributed by atoms with Crippen LogP contribution in [-0.2, 0) is 20.4 Å². The molecule has 0 aromatic carbocycles. The first-order valence-corrected chi connectivity index (χ1v) is 13.9. The molecular weight excluding hydrogens is 567 g/mol. The number of halogens is 3. The predicted octanol–water partition coefficient (Wildman–Crippen LogP) is 5.17. The maximum absolute atomic E-state index is 13.1. The Morgan fingerprint density at radius 1 is 1.19 bits per heavy atom. The summed E-state index contributed by atoms with van der Waals surface area (Å²) in [6.45, 7) is 4.63. The zero-order valence-corrected chi connectivity index (χ0v) is 23.9. The third-order valence-electron chi connectivity index (χ3n) is 7.36. The topological polar surface area (TPSA) is 137 Å². The van der Waals surface area contributed by atoms with Crippen LogP contribution < -0.4 is 11.1 Å². The number of likely N-dealkylation sites (tertiary alicyclic amines) is 1. The Balaban J connectivity index is 1.47. The highest BCUT2D eigenvalue weighted by atomic mass is 19.4. The van der Waals surface area contributed by atoms with Crippen LogP contribution in [0.3, 0.4) is 0 Å². The van der Waals surface area contributed by atoms with E-state index in [-0.39, 0.29) is 36.2 Å². The number of anilines is 2. The molecule has 0 radical (unpaired) electrons. The van der Waals surface area contributed by atoms with Crippen LogP contribution in [0, 0.1) is 0 Å². The summed E-state index contributed by atoms with van der Waals surface area (Å²) in [6.07, 6.45) is 2.91. The molecule has 2 amide bonds. The number of alkyl halides is 3. The molecule has 3 aromatic rings. The molecule has 228 valence electrons. The first kappa shape index (κ1) is 29.9. The number of nitrogens with zero attached hydrogens (tertiary/aromatic N) is 5. The standard InChI is InChI=1S/C29H32F3N7O4/c1-16(2)43-28(41)38-11-4-5-18(15-38)26-37-23(24-25(33)35-10-12-39(24)26)20-7-6-17(13-21(20)42-3)27(40)36-22-14-19(8-9-34-22)29(30,31)32/h8-10,12-14,16,18H,4-7,11,15H2,1-3H3,(H2,33,35)(H,34,36,40). The van der Waals surface area contributed by atoms with E-state index in [0.29, 0.717) is 53.5 Å². The number of aromatic nitrogens is 4. The fourth-order valence-corrected chi connectivity index (χ4v) is 5.38. The number of pyridine rings is 1. The number of ether oxygens (including phenoxy) is 2. The van der Waals surface area contributed by atoms with E-state index in [1.54, 1.807) is 37.2 Å². The summed E-state index contributed by atoms with van der Waals surface area (Å²) in [5, 5.41) is 2.45. The Morgan fingerprint density at radius 2 is 1.98 bits per heavy atom. The van der Waals surface area contributed by atoms with Gasteiger partial charge in [-0.2, -0.15) is 13.2 Å². The van der Waals surface area contributed by atoms with Crippen LogP contribution >= 0.6 is 0 Å². The van der Waals surface area contributed by atoms with E-state index in [1.807, 2.05) is 4.40 Å². The zero-order chi connectivity index (χ0) is 30.9. The van der Waals surface area contributed by atoms with E-state index in [0.717, 1.165) is 31.2 Å². The van der Waals surface area contributed by atoms with Crippen LogP contribution in [0.15, 0.2) is 48.1 Å². The number of nitrogen functional groups attached to an aromatic ring is 1. The largest absolute Gasteiger partial charge is 0.496 e. The molecule has 4 heterocycles. The Hall–Kier alpha value is -4.62. The molecule has 3 aromatic heterocycles. The second kappa shape index (κ2) is 11.9. The molecule has 1 aliphatic carbocycles. The van der Waals surface area contributed by atoms with Gasteiger partial charge in [-0.15, -0.1) is 0 Å². The van der Waals surface area contributed by atoms with Crippen molar-refractivity contribution in [3.8, 4) is 0 Å². The van der Waals surface area contributed by atoms with Crippen molar-refractivity contribution in [3.05, 3.63) is 65.2 Å². The van der Waals surface area contributed by atoms with Crippen molar-refractivity contribution in [1.29, 1.82) is 0 Å². The molecular formula is C29H32F3N7O4. The molecule has 1 fully saturated rings. The minimum Gasteiger partial charge on any atom is -0.496 e. The van der Waals surface area contributed by atoms with Gasteiger partial charge < -0.3 is 25.4 Å². The average molecular weight is 600 g/mol. The molecule has 1 unspecified atom stereocenters. The molecule has 1 saturated heterocycles. The lowest BCUT2D eigenvalue weighted by atomic mass is 9.93. The number of imidazole rings is 1. The number of allylic oxidation sites excluding steroid dienone is 2. The molecule has 1 atom stereocenters. The fourth-order valence-electron chi connectivity index (χ4n) is 5.38. The number of fused-ring (bicyclic) bond motifs is 1. The third-order valence-corrected chi connectivity index (χ3v) is 7.36. The molecule has 0 spiro atoms. The second-order valence-corrected chi connectivity index (χ2v) is 10.7. The minimum absolute atomic E-state index is 0.0939. The molecule has 43 heavy (non-hydrogen) atoms. The van der Waals surface area contributed by atoms with Gasteiger partial charge in [0.05, 0.1) is 24.5 Å². The molecule has 0 saturated carbocycles. The van der Waals surface area contributed by atoms with E-state index >= 15 is 0 Å². The summed E-state index contributed by atoms with van der Waals surface area (Å²) in [7, 11) is 1.46. The van der Waals surface area contributed by atoms with Crippen molar-refractivity contribution >= 4 is 34.7 Å². The third kappa shape index (κ3) is 6.27. The number of carbonyl (C=O) groups excluding carboxylic acids is 2. The average Bonchev–Trinajstić information content (AvgIpc) is 3.37. The number of amides is 2. The predicted molar refractivity (Wildman–Crippen MR) is 152 cm³/mol. The smallest absolute Gasteiger partial charge is 0.416 e. The normalized spacial score (nSPS) is 17.7. The first-order valence-electron chi connectivity index (χ1n) is 13.9. The van der Waals surface area contributed by atoms with Crippen molar-refractivity contribution in [2.24, 2.45) is 0 Å². The summed E-state index contributed by atoms with van der Waals surface area (Å²) >= 11 is 0. The maximum Gasteiger partial charge on any atom is 0.416 e. The van der Waals surface area contributed by atoms with Crippen LogP contribution in [-0.4, -0.2) is 62.6 Å². The number of hydrogen-bond donors (Lipinski definition) is 2. The van der Waals surface area contributed by atoms with Crippen LogP contribution in [0.25, 0.3) is 11.1 Å². The molecule has 11 nitrogen and oxygen atoms in total. The molecule has 1 aliphatic heterocycles. The van der Waals surface area contributed by atoms with Crippen LogP contribution in [0.4, 0.5) is 29.6 Å². The fraction of sp³-hybridized carbons (Fsp3) is 0.414. The van der Waals surface area contributed by atoms with Crippen LogP contribution in [0.5, 0.6) is 0 Å². The van der Waals surface area contributed by atoms with Gasteiger partial charge in [-0.3, -0.25) is 9.20 Å². The summed E-state index contributed by atoms with van der Waals surface area (Å²) in [6, 6.07) is 1.61. The summed E-state index contributed by atoms with van der Waals surface area (Å²) in [4.78, 5) is 40.4. The highest BCUT2D eigenvalue weighted by molar-refractivity contribution is 6.04. The number of nitrogens with one attached hydrogen (secondary N) is 1. The van der Waals surface area contributed by atoms with Gasteiger partial charge >= 0.3 is 12.3 Å². The van der Waals surface area contributed by atoms with Crippen molar-refractivity contribution < 1.29 is 32.2 Å². The SMILES string of the molecule is COC1=C(c2nc(C3CCCN(C(=O)OC(C)C)C3)n3ccnc(N)c23)CCC(C(=O)Nc2cc(C(F)(F)F)ccn2)=C1. The van der Waals surface area contributed by atoms with Gasteiger partial charge in [0.15, 0.2) is 0 Å². The molecule has 2 aliphatic rings. The monoisotopic (exact) mass is 599 g/mol. The van der Waals surface area contributed by atoms with Gasteiger partial charge in [0.1, 0.15) is 28.7 Å². The van der Waals surface area contributed by atoms with Gasteiger partial charge in [-0.05, 0) is 57.7 Å². The first-order chi connectivity index (χ1) is 20.5.